The quantitative estimate of drug-likeness (QED) is 0.766. The van der Waals surface area contributed by atoms with Crippen LogP contribution in [0.4, 0.5) is 5.95 Å². The summed E-state index contributed by atoms with van der Waals surface area (Å²) in [5.74, 6) is 0.635. The van der Waals surface area contributed by atoms with Crippen molar-refractivity contribution in [3.63, 3.8) is 0 Å². The Balaban J connectivity index is 1.79. The minimum atomic E-state index is -0.365. The number of benzene rings is 1. The van der Waals surface area contributed by atoms with Gasteiger partial charge in [0.05, 0.1) is 0 Å². The number of thiocarbonyl (C=S) groups is 1. The predicted molar refractivity (Wildman–Crippen MR) is 84.4 cm³/mol. The molecule has 0 fully saturated rings. The minimum absolute atomic E-state index is 0.119. The molecule has 2 rings (SSSR count). The standard InChI is InChI=1S/C13H16N6O2S/c1-2-8-19-12(16-17-18-19)15-13(22)14-11(20)9-21-10-6-4-3-5-7-10/h3-7H,2,8-9H2,1H3,(H2,14,15,16,18,20,22). The second-order valence-electron chi connectivity index (χ2n) is 4.33. The summed E-state index contributed by atoms with van der Waals surface area (Å²) in [6, 6.07) is 9.05. The average Bonchev–Trinajstić information content (AvgIpc) is 2.93. The van der Waals surface area contributed by atoms with E-state index < -0.39 is 0 Å². The van der Waals surface area contributed by atoms with Gasteiger partial charge in [-0.05, 0) is 41.2 Å². The van der Waals surface area contributed by atoms with E-state index in [4.69, 9.17) is 17.0 Å². The van der Waals surface area contributed by atoms with Crippen LogP contribution in [0.25, 0.3) is 0 Å². The first-order valence-electron chi connectivity index (χ1n) is 6.74. The van der Waals surface area contributed by atoms with E-state index in [-0.39, 0.29) is 17.6 Å². The Morgan fingerprint density at radius 1 is 1.36 bits per heavy atom. The van der Waals surface area contributed by atoms with Crippen molar-refractivity contribution < 1.29 is 9.53 Å². The molecule has 0 spiro atoms. The fraction of sp³-hybridized carbons (Fsp3) is 0.308. The molecule has 8 nitrogen and oxygen atoms in total. The van der Waals surface area contributed by atoms with Crippen molar-refractivity contribution in [2.75, 3.05) is 11.9 Å². The number of anilines is 1. The Labute approximate surface area is 132 Å². The summed E-state index contributed by atoms with van der Waals surface area (Å²) < 4.78 is 6.89. The van der Waals surface area contributed by atoms with Crippen molar-refractivity contribution in [3.8, 4) is 5.75 Å². The highest BCUT2D eigenvalue weighted by molar-refractivity contribution is 7.80. The molecule has 0 saturated carbocycles. The molecule has 0 radical (unpaired) electrons. The van der Waals surface area contributed by atoms with Gasteiger partial charge in [0.15, 0.2) is 11.7 Å². The zero-order valence-corrected chi connectivity index (χ0v) is 12.8. The van der Waals surface area contributed by atoms with Crippen LogP contribution in [-0.4, -0.2) is 37.8 Å². The summed E-state index contributed by atoms with van der Waals surface area (Å²) in [7, 11) is 0. The smallest absolute Gasteiger partial charge is 0.264 e. The van der Waals surface area contributed by atoms with Crippen LogP contribution in [0.2, 0.25) is 0 Å². The maximum atomic E-state index is 11.7. The Bertz CT molecular complexity index is 630. The van der Waals surface area contributed by atoms with E-state index in [2.05, 4.69) is 26.2 Å². The Morgan fingerprint density at radius 2 is 2.14 bits per heavy atom. The molecule has 0 aliphatic carbocycles. The molecule has 0 unspecified atom stereocenters. The van der Waals surface area contributed by atoms with Crippen LogP contribution in [0.3, 0.4) is 0 Å². The number of aryl methyl sites for hydroxylation is 1. The number of carbonyl (C=O) groups is 1. The molecule has 0 aliphatic heterocycles. The van der Waals surface area contributed by atoms with Gasteiger partial charge in [0, 0.05) is 6.54 Å². The van der Waals surface area contributed by atoms with E-state index in [1.165, 1.54) is 0 Å². The molecule has 116 valence electrons. The molecule has 0 atom stereocenters. The van der Waals surface area contributed by atoms with Gasteiger partial charge >= 0.3 is 0 Å². The van der Waals surface area contributed by atoms with Gasteiger partial charge < -0.3 is 4.74 Å². The molecule has 0 bridgehead atoms. The van der Waals surface area contributed by atoms with Crippen LogP contribution in [0.1, 0.15) is 13.3 Å². The van der Waals surface area contributed by atoms with Crippen LogP contribution < -0.4 is 15.4 Å². The molecule has 1 heterocycles. The number of nitrogens with one attached hydrogen (secondary N) is 2. The summed E-state index contributed by atoms with van der Waals surface area (Å²) in [4.78, 5) is 11.7. The summed E-state index contributed by atoms with van der Waals surface area (Å²) in [5.41, 5.74) is 0. The molecule has 9 heteroatoms. The molecule has 2 N–H and O–H groups in total. The van der Waals surface area contributed by atoms with Gasteiger partial charge in [0.1, 0.15) is 5.75 Å². The van der Waals surface area contributed by atoms with E-state index in [1.807, 2.05) is 25.1 Å². The second-order valence-corrected chi connectivity index (χ2v) is 4.74. The number of ether oxygens (including phenoxy) is 1. The maximum Gasteiger partial charge on any atom is 0.264 e. The number of carbonyl (C=O) groups excluding carboxylic acids is 1. The van der Waals surface area contributed by atoms with E-state index in [0.717, 1.165) is 6.42 Å². The van der Waals surface area contributed by atoms with E-state index in [0.29, 0.717) is 18.2 Å². The topological polar surface area (TPSA) is 94.0 Å². The molecule has 0 saturated heterocycles. The van der Waals surface area contributed by atoms with Crippen molar-refractivity contribution in [2.24, 2.45) is 0 Å². The van der Waals surface area contributed by atoms with Crippen molar-refractivity contribution >= 4 is 29.2 Å². The summed E-state index contributed by atoms with van der Waals surface area (Å²) >= 11 is 5.05. The zero-order chi connectivity index (χ0) is 15.8. The van der Waals surface area contributed by atoms with Crippen molar-refractivity contribution in [2.45, 2.75) is 19.9 Å². The van der Waals surface area contributed by atoms with E-state index in [9.17, 15) is 4.79 Å². The third-order valence-electron chi connectivity index (χ3n) is 2.56. The first kappa shape index (κ1) is 15.8. The molecule has 1 amide bonds. The van der Waals surface area contributed by atoms with Gasteiger partial charge in [0.25, 0.3) is 5.91 Å². The minimum Gasteiger partial charge on any atom is -0.484 e. The third kappa shape index (κ3) is 4.77. The first-order chi connectivity index (χ1) is 10.7. The molecule has 2 aromatic rings. The normalized spacial score (nSPS) is 10.0. The fourth-order valence-electron chi connectivity index (χ4n) is 1.62. The maximum absolute atomic E-state index is 11.7. The highest BCUT2D eigenvalue weighted by Gasteiger charge is 2.10. The second kappa shape index (κ2) is 8.03. The van der Waals surface area contributed by atoms with Crippen LogP contribution in [-0.2, 0) is 11.3 Å². The number of tetrazole rings is 1. The highest BCUT2D eigenvalue weighted by atomic mass is 32.1. The largest absolute Gasteiger partial charge is 0.484 e. The molecule has 22 heavy (non-hydrogen) atoms. The van der Waals surface area contributed by atoms with Crippen LogP contribution in [0.5, 0.6) is 5.75 Å². The van der Waals surface area contributed by atoms with E-state index >= 15 is 0 Å². The molecular weight excluding hydrogens is 304 g/mol. The monoisotopic (exact) mass is 320 g/mol. The summed E-state index contributed by atoms with van der Waals surface area (Å²) in [6.07, 6.45) is 0.879. The highest BCUT2D eigenvalue weighted by Crippen LogP contribution is 2.07. The number of rotatable bonds is 6. The Hall–Kier alpha value is -2.55. The number of para-hydroxylation sites is 1. The zero-order valence-electron chi connectivity index (χ0n) is 12.0. The lowest BCUT2D eigenvalue weighted by Gasteiger charge is -2.09. The lowest BCUT2D eigenvalue weighted by Crippen LogP contribution is -2.37. The van der Waals surface area contributed by atoms with Gasteiger partial charge in [-0.3, -0.25) is 15.4 Å². The Kier molecular flexibility index (Phi) is 5.78. The first-order valence-corrected chi connectivity index (χ1v) is 7.14. The van der Waals surface area contributed by atoms with Crippen LogP contribution in [0, 0.1) is 0 Å². The van der Waals surface area contributed by atoms with Crippen molar-refractivity contribution in [1.29, 1.82) is 0 Å². The van der Waals surface area contributed by atoms with Gasteiger partial charge in [0.2, 0.25) is 5.95 Å². The number of amides is 1. The summed E-state index contributed by atoms with van der Waals surface area (Å²) in [5, 5.41) is 16.6. The lowest BCUT2D eigenvalue weighted by atomic mass is 10.3. The predicted octanol–water partition coefficient (Wildman–Crippen LogP) is 0.975. The fourth-order valence-corrected chi connectivity index (χ4v) is 1.82. The third-order valence-corrected chi connectivity index (χ3v) is 2.76. The molecule has 0 aliphatic rings. The lowest BCUT2D eigenvalue weighted by molar-refractivity contribution is -0.121. The molecular formula is C13H16N6O2S. The summed E-state index contributed by atoms with van der Waals surface area (Å²) in [6.45, 7) is 2.53. The molecule has 1 aromatic heterocycles. The number of hydrogen-bond donors (Lipinski definition) is 2. The number of hydrogen-bond acceptors (Lipinski definition) is 6. The van der Waals surface area contributed by atoms with Gasteiger partial charge in [-0.15, -0.1) is 0 Å². The molecule has 1 aromatic carbocycles. The van der Waals surface area contributed by atoms with Crippen LogP contribution in [0.15, 0.2) is 30.3 Å². The van der Waals surface area contributed by atoms with Crippen molar-refractivity contribution in [1.82, 2.24) is 25.5 Å². The average molecular weight is 320 g/mol. The number of aromatic nitrogens is 4. The van der Waals surface area contributed by atoms with Crippen molar-refractivity contribution in [3.05, 3.63) is 30.3 Å². The van der Waals surface area contributed by atoms with Gasteiger partial charge in [-0.25, -0.2) is 4.68 Å². The van der Waals surface area contributed by atoms with Gasteiger partial charge in [-0.2, -0.15) is 0 Å². The SMILES string of the molecule is CCCn1nnnc1NC(=S)NC(=O)COc1ccccc1. The van der Waals surface area contributed by atoms with Gasteiger partial charge in [-0.1, -0.05) is 30.2 Å². The van der Waals surface area contributed by atoms with E-state index in [1.54, 1.807) is 16.8 Å². The van der Waals surface area contributed by atoms with Crippen LogP contribution >= 0.6 is 12.2 Å². The Morgan fingerprint density at radius 3 is 2.86 bits per heavy atom. The number of nitrogens with zero attached hydrogens (tertiary/aromatic N) is 4.